The Hall–Kier alpha value is -4.92. The summed E-state index contributed by atoms with van der Waals surface area (Å²) in [5.41, 5.74) is 7.02. The van der Waals surface area contributed by atoms with E-state index in [1.165, 1.54) is 11.1 Å². The van der Waals surface area contributed by atoms with Crippen molar-refractivity contribution in [3.8, 4) is 16.9 Å². The molecule has 1 aromatic heterocycles. The molecule has 0 bridgehead atoms. The lowest BCUT2D eigenvalue weighted by molar-refractivity contribution is -0.169. The minimum absolute atomic E-state index is 0.0271. The number of fused-ring (bicyclic) bond motifs is 4. The molecule has 3 unspecified atom stereocenters. The summed E-state index contributed by atoms with van der Waals surface area (Å²) < 4.78 is 28.1. The van der Waals surface area contributed by atoms with E-state index < -0.39 is 28.6 Å². The average Bonchev–Trinajstić information content (AvgIpc) is 3.42. The molecule has 1 amide bonds. The predicted octanol–water partition coefficient (Wildman–Crippen LogP) is 5.41. The first kappa shape index (κ1) is 26.9. The second kappa shape index (κ2) is 10.1. The third-order valence-electron chi connectivity index (χ3n) is 9.39. The van der Waals surface area contributed by atoms with E-state index in [1.54, 1.807) is 12.1 Å². The van der Waals surface area contributed by atoms with Gasteiger partial charge in [0.05, 0.1) is 5.41 Å². The van der Waals surface area contributed by atoms with Crippen molar-refractivity contribution in [2.45, 2.75) is 30.4 Å². The van der Waals surface area contributed by atoms with E-state index >= 15 is 0 Å². The number of ether oxygens (including phenoxy) is 2. The molecule has 0 radical (unpaired) electrons. The molecule has 9 heteroatoms. The van der Waals surface area contributed by atoms with Crippen LogP contribution in [-0.4, -0.2) is 52.4 Å². The molecule has 7 rings (SSSR count). The van der Waals surface area contributed by atoms with E-state index in [0.717, 1.165) is 11.1 Å². The lowest BCUT2D eigenvalue weighted by Crippen LogP contribution is -2.74. The predicted molar refractivity (Wildman–Crippen MR) is 159 cm³/mol. The first-order chi connectivity index (χ1) is 20.8. The van der Waals surface area contributed by atoms with Crippen molar-refractivity contribution in [1.29, 1.82) is 0 Å². The van der Waals surface area contributed by atoms with Gasteiger partial charge in [-0.3, -0.25) is 0 Å². The molecule has 0 aliphatic carbocycles. The second-order valence-corrected chi connectivity index (χ2v) is 11.6. The Morgan fingerprint density at radius 2 is 1.70 bits per heavy atom. The monoisotopic (exact) mass is 578 g/mol. The molecule has 1 fully saturated rings. The number of nitrogens with zero attached hydrogens (tertiary/aromatic N) is 3. The van der Waals surface area contributed by atoms with Crippen LogP contribution in [0.3, 0.4) is 0 Å². The van der Waals surface area contributed by atoms with E-state index in [1.807, 2.05) is 66.7 Å². The van der Waals surface area contributed by atoms with Gasteiger partial charge in [-0.1, -0.05) is 66.7 Å². The summed E-state index contributed by atoms with van der Waals surface area (Å²) >= 11 is 0. The van der Waals surface area contributed by atoms with Crippen molar-refractivity contribution in [2.75, 3.05) is 19.7 Å². The Kier molecular flexibility index (Phi) is 6.34. The van der Waals surface area contributed by atoms with Crippen LogP contribution in [0.25, 0.3) is 11.1 Å². The summed E-state index contributed by atoms with van der Waals surface area (Å²) in [6, 6.07) is 29.0. The van der Waals surface area contributed by atoms with Crippen molar-refractivity contribution in [2.24, 2.45) is 16.1 Å². The Morgan fingerprint density at radius 3 is 2.35 bits per heavy atom. The smallest absolute Gasteiger partial charge is 0.407 e. The minimum Gasteiger partial charge on any atom is -0.486 e. The summed E-state index contributed by atoms with van der Waals surface area (Å²) in [5.74, 6) is 0.00421. The molecular formula is C34H31FN4O4. The summed E-state index contributed by atoms with van der Waals surface area (Å²) in [6.07, 6.45) is 1.78. The quantitative estimate of drug-likeness (QED) is 0.306. The standard InChI is InChI=1S/C34H31FN4O4/c35-29-26(12-7-16-37-29)25-13-14-28-27(18-25)34(22-42-30(36)38-34)32(19-23-8-3-1-4-9-23)21-39(31(40)41)17-15-33(32,43-28)20-24-10-5-2-6-11-24/h1-14,16,18H,15,17,19-22H2,(H2,36,38)(H,40,41). The third kappa shape index (κ3) is 4.21. The lowest BCUT2D eigenvalue weighted by Gasteiger charge is -2.63. The van der Waals surface area contributed by atoms with Crippen LogP contribution in [0.2, 0.25) is 0 Å². The molecule has 4 heterocycles. The molecule has 4 aromatic rings. The molecule has 218 valence electrons. The van der Waals surface area contributed by atoms with E-state index in [0.29, 0.717) is 48.2 Å². The number of pyridine rings is 1. The van der Waals surface area contributed by atoms with Crippen molar-refractivity contribution in [3.05, 3.63) is 120 Å². The highest BCUT2D eigenvalue weighted by Gasteiger charge is 2.72. The van der Waals surface area contributed by atoms with Crippen molar-refractivity contribution >= 4 is 12.1 Å². The SMILES string of the molecule is NC1=NC2(CO1)c1cc(-c3cccnc3F)ccc1OC1(Cc3ccccc3)CCN(C(=O)O)CC12Cc1ccccc1. The van der Waals surface area contributed by atoms with Crippen molar-refractivity contribution in [3.63, 3.8) is 0 Å². The summed E-state index contributed by atoms with van der Waals surface area (Å²) in [4.78, 5) is 23.0. The van der Waals surface area contributed by atoms with Gasteiger partial charge in [-0.25, -0.2) is 14.8 Å². The van der Waals surface area contributed by atoms with Gasteiger partial charge >= 0.3 is 6.09 Å². The average molecular weight is 579 g/mol. The molecule has 0 saturated carbocycles. The molecule has 3 atom stereocenters. The van der Waals surface area contributed by atoms with Gasteiger partial charge in [0.25, 0.3) is 6.02 Å². The van der Waals surface area contributed by atoms with Crippen LogP contribution < -0.4 is 10.5 Å². The lowest BCUT2D eigenvalue weighted by atomic mass is 9.50. The molecule has 1 saturated heterocycles. The first-order valence-electron chi connectivity index (χ1n) is 14.3. The molecule has 3 aliphatic rings. The van der Waals surface area contributed by atoms with Gasteiger partial charge in [0.2, 0.25) is 5.95 Å². The number of hydrogen-bond acceptors (Lipinski definition) is 6. The van der Waals surface area contributed by atoms with Gasteiger partial charge in [-0.05, 0) is 47.4 Å². The fraction of sp³-hybridized carbons (Fsp3) is 0.265. The number of aromatic nitrogens is 1. The number of amidine groups is 1. The third-order valence-corrected chi connectivity index (χ3v) is 9.39. The van der Waals surface area contributed by atoms with Crippen molar-refractivity contribution < 1.29 is 23.8 Å². The van der Waals surface area contributed by atoms with Gasteiger partial charge in [0.1, 0.15) is 23.5 Å². The van der Waals surface area contributed by atoms with E-state index in [2.05, 4.69) is 17.1 Å². The maximum Gasteiger partial charge on any atom is 0.407 e. The summed E-state index contributed by atoms with van der Waals surface area (Å²) in [5, 5.41) is 10.3. The number of amides is 1. The van der Waals surface area contributed by atoms with Gasteiger partial charge in [0.15, 0.2) is 0 Å². The number of hydrogen-bond donors (Lipinski definition) is 2. The maximum absolute atomic E-state index is 14.9. The zero-order chi connectivity index (χ0) is 29.7. The summed E-state index contributed by atoms with van der Waals surface area (Å²) in [7, 11) is 0. The van der Waals surface area contributed by atoms with Crippen LogP contribution in [0, 0.1) is 11.4 Å². The zero-order valence-corrected chi connectivity index (χ0v) is 23.4. The summed E-state index contributed by atoms with van der Waals surface area (Å²) in [6.45, 7) is 0.517. The van der Waals surface area contributed by atoms with Crippen molar-refractivity contribution in [1.82, 2.24) is 9.88 Å². The number of carboxylic acid groups (broad SMARTS) is 1. The molecular weight excluding hydrogens is 547 g/mol. The molecule has 3 N–H and O–H groups in total. The fourth-order valence-corrected chi connectivity index (χ4v) is 7.44. The topological polar surface area (TPSA) is 110 Å². The largest absolute Gasteiger partial charge is 0.486 e. The zero-order valence-electron chi connectivity index (χ0n) is 23.4. The Balaban J connectivity index is 1.53. The van der Waals surface area contributed by atoms with E-state index in [4.69, 9.17) is 20.2 Å². The van der Waals surface area contributed by atoms with E-state index in [9.17, 15) is 14.3 Å². The highest BCUT2D eigenvalue weighted by atomic mass is 19.1. The normalized spacial score (nSPS) is 25.7. The maximum atomic E-state index is 14.9. The van der Waals surface area contributed by atoms with Gasteiger partial charge in [0, 0.05) is 43.3 Å². The van der Waals surface area contributed by atoms with Gasteiger partial charge in [-0.15, -0.1) is 0 Å². The highest BCUT2D eigenvalue weighted by molar-refractivity contribution is 5.76. The second-order valence-electron chi connectivity index (χ2n) is 11.6. The van der Waals surface area contributed by atoms with Crippen LogP contribution in [0.4, 0.5) is 9.18 Å². The molecule has 3 aliphatic heterocycles. The number of likely N-dealkylation sites (tertiary alicyclic amines) is 1. The van der Waals surface area contributed by atoms with Gasteiger partial charge < -0.3 is 25.2 Å². The van der Waals surface area contributed by atoms with Crippen LogP contribution >= 0.6 is 0 Å². The van der Waals surface area contributed by atoms with Crippen LogP contribution in [0.5, 0.6) is 5.75 Å². The Labute approximate surface area is 248 Å². The number of carbonyl (C=O) groups is 1. The van der Waals surface area contributed by atoms with Crippen LogP contribution in [0.1, 0.15) is 23.1 Å². The number of halogens is 1. The number of rotatable bonds is 5. The first-order valence-corrected chi connectivity index (χ1v) is 14.3. The fourth-order valence-electron chi connectivity index (χ4n) is 7.44. The molecule has 8 nitrogen and oxygen atoms in total. The molecule has 43 heavy (non-hydrogen) atoms. The molecule has 1 spiro atoms. The Bertz CT molecular complexity index is 1720. The number of nitrogens with two attached hydrogens (primary N) is 1. The Morgan fingerprint density at radius 1 is 0.977 bits per heavy atom. The van der Waals surface area contributed by atoms with Crippen LogP contribution in [-0.2, 0) is 23.1 Å². The van der Waals surface area contributed by atoms with Crippen LogP contribution in [0.15, 0.2) is 102 Å². The number of aliphatic imine (C=N–C) groups is 1. The van der Waals surface area contributed by atoms with E-state index in [-0.39, 0.29) is 19.2 Å². The number of benzene rings is 3. The molecule has 3 aromatic carbocycles. The number of piperidine rings is 1. The minimum atomic E-state index is -1.14. The van der Waals surface area contributed by atoms with Gasteiger partial charge in [-0.2, -0.15) is 4.39 Å². The highest BCUT2D eigenvalue weighted by Crippen LogP contribution is 2.64.